The zero-order valence-corrected chi connectivity index (χ0v) is 19.6. The van der Waals surface area contributed by atoms with Gasteiger partial charge in [-0.3, -0.25) is 24.3 Å². The maximum absolute atomic E-state index is 13.3. The van der Waals surface area contributed by atoms with Crippen molar-refractivity contribution >= 4 is 34.7 Å². The van der Waals surface area contributed by atoms with Crippen molar-refractivity contribution in [1.29, 1.82) is 0 Å². The summed E-state index contributed by atoms with van der Waals surface area (Å²) in [5, 5.41) is 14.0. The number of benzene rings is 2. The minimum Gasteiger partial charge on any atom is -0.507 e. The number of aliphatic hydroxyl groups excluding tert-OH is 1. The Bertz CT molecular complexity index is 1320. The third kappa shape index (κ3) is 4.91. The predicted molar refractivity (Wildman–Crippen MR) is 132 cm³/mol. The van der Waals surface area contributed by atoms with Crippen molar-refractivity contribution in [3.63, 3.8) is 0 Å². The second-order valence-electron chi connectivity index (χ2n) is 8.38. The Morgan fingerprint density at radius 1 is 1.09 bits per heavy atom. The Morgan fingerprint density at radius 3 is 2.54 bits per heavy atom. The minimum atomic E-state index is -0.925. The van der Waals surface area contributed by atoms with Gasteiger partial charge in [0.25, 0.3) is 11.7 Å². The van der Waals surface area contributed by atoms with Crippen molar-refractivity contribution in [2.24, 2.45) is 0 Å². The van der Waals surface area contributed by atoms with Crippen LogP contribution in [0.2, 0.25) is 0 Å². The fraction of sp³-hybridized carbons (Fsp3) is 0.185. The molecule has 0 spiro atoms. The Labute approximate surface area is 202 Å². The molecule has 2 aromatic carbocycles. The van der Waals surface area contributed by atoms with Gasteiger partial charge >= 0.3 is 0 Å². The first kappa shape index (κ1) is 23.7. The number of carbonyl (C=O) groups excluding carboxylic acids is 3. The zero-order chi connectivity index (χ0) is 25.1. The number of anilines is 2. The third-order valence-corrected chi connectivity index (χ3v) is 5.37. The molecule has 1 unspecified atom stereocenters. The quantitative estimate of drug-likeness (QED) is 0.312. The largest absolute Gasteiger partial charge is 0.507 e. The molecule has 1 saturated heterocycles. The number of hydrogen-bond acceptors (Lipinski definition) is 6. The molecule has 8 nitrogen and oxygen atoms in total. The Balaban J connectivity index is 1.87. The number of ether oxygens (including phenoxy) is 1. The van der Waals surface area contributed by atoms with E-state index in [0.29, 0.717) is 28.3 Å². The van der Waals surface area contributed by atoms with Gasteiger partial charge in [-0.2, -0.15) is 0 Å². The number of amides is 2. The van der Waals surface area contributed by atoms with Crippen molar-refractivity contribution in [3.8, 4) is 5.75 Å². The average Bonchev–Trinajstić information content (AvgIpc) is 3.09. The van der Waals surface area contributed by atoms with E-state index in [1.54, 1.807) is 73.1 Å². The summed E-state index contributed by atoms with van der Waals surface area (Å²) in [6.07, 6.45) is 3.05. The summed E-state index contributed by atoms with van der Waals surface area (Å²) in [5.41, 5.74) is 1.70. The van der Waals surface area contributed by atoms with Crippen LogP contribution in [0.3, 0.4) is 0 Å². The molecule has 1 aromatic heterocycles. The highest BCUT2D eigenvalue weighted by atomic mass is 16.5. The molecule has 35 heavy (non-hydrogen) atoms. The molecule has 2 N–H and O–H groups in total. The first-order chi connectivity index (χ1) is 16.8. The number of Topliss-reactive ketones (excluding diaryl/α,β-unsaturated/α-hetero) is 1. The number of carbonyl (C=O) groups is 3. The van der Waals surface area contributed by atoms with Crippen LogP contribution in [0, 0.1) is 0 Å². The number of nitrogens with zero attached hydrogens (tertiary/aromatic N) is 2. The molecule has 0 aliphatic carbocycles. The van der Waals surface area contributed by atoms with Crippen molar-refractivity contribution in [2.45, 2.75) is 32.9 Å². The fourth-order valence-electron chi connectivity index (χ4n) is 4.03. The van der Waals surface area contributed by atoms with Crippen LogP contribution in [0.25, 0.3) is 5.76 Å². The zero-order valence-electron chi connectivity index (χ0n) is 19.6. The van der Waals surface area contributed by atoms with E-state index in [0.717, 1.165) is 0 Å². The summed E-state index contributed by atoms with van der Waals surface area (Å²) >= 11 is 0. The standard InChI is InChI=1S/C27H25N3O5/c1-16(2)35-22-11-4-7-18(13-22)25(32)23-24(19-8-6-12-28-15-19)30(27(34)26(23)33)21-10-5-9-20(14-21)29-17(3)31/h4-16,24,32H,1-3H3,(H,29,31)/b25-23+. The Hall–Kier alpha value is -4.46. The van der Waals surface area contributed by atoms with E-state index in [2.05, 4.69) is 10.3 Å². The van der Waals surface area contributed by atoms with E-state index < -0.39 is 17.7 Å². The summed E-state index contributed by atoms with van der Waals surface area (Å²) in [6, 6.07) is 15.9. The summed E-state index contributed by atoms with van der Waals surface area (Å²) in [7, 11) is 0. The molecule has 2 heterocycles. The molecular weight excluding hydrogens is 446 g/mol. The minimum absolute atomic E-state index is 0.0605. The number of ketones is 1. The van der Waals surface area contributed by atoms with Crippen molar-refractivity contribution in [2.75, 3.05) is 10.2 Å². The number of aromatic nitrogens is 1. The van der Waals surface area contributed by atoms with E-state index in [4.69, 9.17) is 4.74 Å². The summed E-state index contributed by atoms with van der Waals surface area (Å²) in [4.78, 5) is 43.6. The van der Waals surface area contributed by atoms with Crippen LogP contribution in [-0.4, -0.2) is 33.8 Å². The molecule has 1 fully saturated rings. The van der Waals surface area contributed by atoms with Crippen molar-refractivity contribution < 1.29 is 24.2 Å². The lowest BCUT2D eigenvalue weighted by molar-refractivity contribution is -0.132. The second kappa shape index (κ2) is 9.80. The molecule has 4 rings (SSSR count). The first-order valence-corrected chi connectivity index (χ1v) is 11.1. The summed E-state index contributed by atoms with van der Waals surface area (Å²) in [6.45, 7) is 5.15. The maximum Gasteiger partial charge on any atom is 0.300 e. The highest BCUT2D eigenvalue weighted by Gasteiger charge is 2.47. The maximum atomic E-state index is 13.3. The van der Waals surface area contributed by atoms with Gasteiger partial charge in [-0.1, -0.05) is 24.3 Å². The number of aliphatic hydroxyl groups is 1. The topological polar surface area (TPSA) is 109 Å². The molecule has 1 aliphatic rings. The van der Waals surface area contributed by atoms with Gasteiger partial charge in [0.1, 0.15) is 11.5 Å². The van der Waals surface area contributed by atoms with Gasteiger partial charge in [0.15, 0.2) is 0 Å². The highest BCUT2D eigenvalue weighted by molar-refractivity contribution is 6.51. The highest BCUT2D eigenvalue weighted by Crippen LogP contribution is 2.42. The van der Waals surface area contributed by atoms with Crippen LogP contribution >= 0.6 is 0 Å². The van der Waals surface area contributed by atoms with Crippen LogP contribution in [0.5, 0.6) is 5.75 Å². The third-order valence-electron chi connectivity index (χ3n) is 5.37. The average molecular weight is 472 g/mol. The van der Waals surface area contributed by atoms with Crippen molar-refractivity contribution in [1.82, 2.24) is 4.98 Å². The van der Waals surface area contributed by atoms with E-state index >= 15 is 0 Å². The van der Waals surface area contributed by atoms with Gasteiger partial charge in [0.2, 0.25) is 5.91 Å². The van der Waals surface area contributed by atoms with Gasteiger partial charge in [0, 0.05) is 36.3 Å². The molecular formula is C27H25N3O5. The molecule has 0 radical (unpaired) electrons. The van der Waals surface area contributed by atoms with Gasteiger partial charge in [0.05, 0.1) is 17.7 Å². The van der Waals surface area contributed by atoms with Crippen LogP contribution in [0.4, 0.5) is 11.4 Å². The van der Waals surface area contributed by atoms with Gasteiger partial charge in [-0.05, 0) is 55.8 Å². The monoisotopic (exact) mass is 471 g/mol. The Morgan fingerprint density at radius 2 is 1.86 bits per heavy atom. The number of hydrogen-bond donors (Lipinski definition) is 2. The van der Waals surface area contributed by atoms with Crippen LogP contribution in [-0.2, 0) is 14.4 Å². The van der Waals surface area contributed by atoms with Gasteiger partial charge < -0.3 is 15.2 Å². The van der Waals surface area contributed by atoms with Crippen LogP contribution in [0.1, 0.15) is 37.9 Å². The first-order valence-electron chi connectivity index (χ1n) is 11.1. The fourth-order valence-corrected chi connectivity index (χ4v) is 4.03. The summed E-state index contributed by atoms with van der Waals surface area (Å²) < 4.78 is 5.72. The van der Waals surface area contributed by atoms with Crippen LogP contribution < -0.4 is 15.0 Å². The Kier molecular flexibility index (Phi) is 6.64. The normalized spacial score (nSPS) is 17.0. The van der Waals surface area contributed by atoms with Gasteiger partial charge in [-0.15, -0.1) is 0 Å². The van der Waals surface area contributed by atoms with E-state index in [1.165, 1.54) is 11.8 Å². The van der Waals surface area contributed by atoms with E-state index in [1.807, 2.05) is 13.8 Å². The van der Waals surface area contributed by atoms with E-state index in [-0.39, 0.29) is 23.3 Å². The smallest absolute Gasteiger partial charge is 0.300 e. The molecule has 2 amide bonds. The lowest BCUT2D eigenvalue weighted by atomic mass is 9.96. The van der Waals surface area contributed by atoms with E-state index in [9.17, 15) is 19.5 Å². The number of nitrogens with one attached hydrogen (secondary N) is 1. The number of rotatable bonds is 6. The van der Waals surface area contributed by atoms with Crippen LogP contribution in [0.15, 0.2) is 78.6 Å². The number of pyridine rings is 1. The lowest BCUT2D eigenvalue weighted by Gasteiger charge is -2.25. The SMILES string of the molecule is CC(=O)Nc1cccc(N2C(=O)C(=O)/C(=C(/O)c3cccc(OC(C)C)c3)C2c2cccnc2)c1. The lowest BCUT2D eigenvalue weighted by Crippen LogP contribution is -2.29. The molecule has 0 bridgehead atoms. The molecule has 178 valence electrons. The molecule has 1 atom stereocenters. The molecule has 1 aliphatic heterocycles. The second-order valence-corrected chi connectivity index (χ2v) is 8.38. The molecule has 8 heteroatoms. The molecule has 0 saturated carbocycles. The molecule has 3 aromatic rings. The summed E-state index contributed by atoms with van der Waals surface area (Å²) in [5.74, 6) is -1.67. The van der Waals surface area contributed by atoms with Gasteiger partial charge in [-0.25, -0.2) is 0 Å². The predicted octanol–water partition coefficient (Wildman–Crippen LogP) is 4.45. The van der Waals surface area contributed by atoms with Crippen molar-refractivity contribution in [3.05, 3.63) is 89.8 Å².